The van der Waals surface area contributed by atoms with E-state index >= 15 is 0 Å². The summed E-state index contributed by atoms with van der Waals surface area (Å²) in [6.45, 7) is 13.8. The standard InChI is InChI=1S/C17H29NO/c1-7-14(3)19-16(12-18-17(4,5)6)15-10-8-9-13(2)11-15/h8-11,14,16,18H,7,12H2,1-6H3. The summed E-state index contributed by atoms with van der Waals surface area (Å²) in [7, 11) is 0. The first-order chi connectivity index (χ1) is 8.81. The summed E-state index contributed by atoms with van der Waals surface area (Å²) < 4.78 is 6.17. The molecule has 0 amide bonds. The Morgan fingerprint density at radius 2 is 1.95 bits per heavy atom. The van der Waals surface area contributed by atoms with Crippen LogP contribution in [0.3, 0.4) is 0 Å². The summed E-state index contributed by atoms with van der Waals surface area (Å²) in [5.74, 6) is 0. The predicted octanol–water partition coefficient (Wildman–Crippen LogP) is 4.24. The molecule has 19 heavy (non-hydrogen) atoms. The van der Waals surface area contributed by atoms with Crippen LogP contribution < -0.4 is 5.32 Å². The number of aryl methyl sites for hydroxylation is 1. The van der Waals surface area contributed by atoms with E-state index in [0.717, 1.165) is 13.0 Å². The van der Waals surface area contributed by atoms with Gasteiger partial charge in [0.1, 0.15) is 0 Å². The molecule has 108 valence electrons. The first kappa shape index (κ1) is 16.2. The Bertz CT molecular complexity index is 381. The van der Waals surface area contributed by atoms with Gasteiger partial charge in [-0.05, 0) is 46.6 Å². The largest absolute Gasteiger partial charge is 0.369 e. The Labute approximate surface area is 118 Å². The average molecular weight is 263 g/mol. The summed E-state index contributed by atoms with van der Waals surface area (Å²) in [6, 6.07) is 8.61. The molecule has 1 aromatic rings. The molecule has 1 N–H and O–H groups in total. The second-order valence-electron chi connectivity index (χ2n) is 6.39. The van der Waals surface area contributed by atoms with Gasteiger partial charge in [0.25, 0.3) is 0 Å². The quantitative estimate of drug-likeness (QED) is 0.829. The molecule has 2 heteroatoms. The third-order valence-electron chi connectivity index (χ3n) is 3.20. The highest BCUT2D eigenvalue weighted by atomic mass is 16.5. The van der Waals surface area contributed by atoms with Crippen molar-refractivity contribution in [1.82, 2.24) is 5.32 Å². The lowest BCUT2D eigenvalue weighted by Gasteiger charge is -2.28. The summed E-state index contributed by atoms with van der Waals surface area (Å²) in [5.41, 5.74) is 2.66. The number of benzene rings is 1. The van der Waals surface area contributed by atoms with E-state index in [1.807, 2.05) is 0 Å². The second-order valence-corrected chi connectivity index (χ2v) is 6.39. The van der Waals surface area contributed by atoms with Crippen LogP contribution in [0, 0.1) is 6.92 Å². The van der Waals surface area contributed by atoms with Crippen LogP contribution in [0.2, 0.25) is 0 Å². The maximum Gasteiger partial charge on any atom is 0.0953 e. The lowest BCUT2D eigenvalue weighted by molar-refractivity contribution is -0.00732. The highest BCUT2D eigenvalue weighted by Crippen LogP contribution is 2.21. The maximum atomic E-state index is 6.17. The zero-order chi connectivity index (χ0) is 14.5. The van der Waals surface area contributed by atoms with Crippen LogP contribution in [0.25, 0.3) is 0 Å². The minimum atomic E-state index is 0.112. The van der Waals surface area contributed by atoms with Gasteiger partial charge in [-0.3, -0.25) is 0 Å². The first-order valence-corrected chi connectivity index (χ1v) is 7.29. The minimum Gasteiger partial charge on any atom is -0.369 e. The van der Waals surface area contributed by atoms with E-state index in [9.17, 15) is 0 Å². The van der Waals surface area contributed by atoms with Gasteiger partial charge in [-0.25, -0.2) is 0 Å². The van der Waals surface area contributed by atoms with E-state index in [2.05, 4.69) is 71.1 Å². The number of nitrogens with one attached hydrogen (secondary N) is 1. The van der Waals surface area contributed by atoms with Crippen molar-refractivity contribution in [2.24, 2.45) is 0 Å². The van der Waals surface area contributed by atoms with Crippen molar-refractivity contribution in [2.45, 2.75) is 65.7 Å². The van der Waals surface area contributed by atoms with Crippen LogP contribution in [-0.2, 0) is 4.74 Å². The lowest BCUT2D eigenvalue weighted by atomic mass is 10.0. The molecule has 0 saturated heterocycles. The van der Waals surface area contributed by atoms with Gasteiger partial charge in [-0.2, -0.15) is 0 Å². The van der Waals surface area contributed by atoms with Gasteiger partial charge in [0.05, 0.1) is 12.2 Å². The third kappa shape index (κ3) is 6.22. The van der Waals surface area contributed by atoms with Crippen molar-refractivity contribution in [3.05, 3.63) is 35.4 Å². The van der Waals surface area contributed by atoms with Crippen molar-refractivity contribution >= 4 is 0 Å². The third-order valence-corrected chi connectivity index (χ3v) is 3.20. The lowest BCUT2D eigenvalue weighted by Crippen LogP contribution is -2.39. The summed E-state index contributed by atoms with van der Waals surface area (Å²) in [6.07, 6.45) is 1.44. The van der Waals surface area contributed by atoms with E-state index in [4.69, 9.17) is 4.74 Å². The van der Waals surface area contributed by atoms with Gasteiger partial charge in [0, 0.05) is 12.1 Å². The van der Waals surface area contributed by atoms with Gasteiger partial charge in [-0.15, -0.1) is 0 Å². The van der Waals surface area contributed by atoms with Crippen molar-refractivity contribution in [1.29, 1.82) is 0 Å². The van der Waals surface area contributed by atoms with Gasteiger partial charge in [0.2, 0.25) is 0 Å². The Kier molecular flexibility index (Phi) is 6.02. The van der Waals surface area contributed by atoms with Crippen LogP contribution in [0.15, 0.2) is 24.3 Å². The second kappa shape index (κ2) is 7.06. The SMILES string of the molecule is CCC(C)OC(CNC(C)(C)C)c1cccc(C)c1. The minimum absolute atomic E-state index is 0.112. The van der Waals surface area contributed by atoms with Crippen LogP contribution >= 0.6 is 0 Å². The highest BCUT2D eigenvalue weighted by Gasteiger charge is 2.18. The van der Waals surface area contributed by atoms with Crippen LogP contribution in [-0.4, -0.2) is 18.2 Å². The number of rotatable bonds is 6. The zero-order valence-electron chi connectivity index (χ0n) is 13.3. The monoisotopic (exact) mass is 263 g/mol. The first-order valence-electron chi connectivity index (χ1n) is 7.29. The van der Waals surface area contributed by atoms with Gasteiger partial charge < -0.3 is 10.1 Å². The van der Waals surface area contributed by atoms with E-state index < -0.39 is 0 Å². The van der Waals surface area contributed by atoms with Crippen LogP contribution in [0.5, 0.6) is 0 Å². The molecule has 1 rings (SSSR count). The van der Waals surface area contributed by atoms with E-state index in [-0.39, 0.29) is 17.7 Å². The van der Waals surface area contributed by atoms with Crippen molar-refractivity contribution in [2.75, 3.05) is 6.54 Å². The molecule has 0 saturated carbocycles. The maximum absolute atomic E-state index is 6.17. The Hall–Kier alpha value is -0.860. The number of hydrogen-bond acceptors (Lipinski definition) is 2. The van der Waals surface area contributed by atoms with Crippen LogP contribution in [0.1, 0.15) is 58.3 Å². The Morgan fingerprint density at radius 3 is 2.47 bits per heavy atom. The topological polar surface area (TPSA) is 21.3 Å². The van der Waals surface area contributed by atoms with E-state index in [1.54, 1.807) is 0 Å². The molecular weight excluding hydrogens is 234 g/mol. The fourth-order valence-electron chi connectivity index (χ4n) is 1.89. The van der Waals surface area contributed by atoms with E-state index in [1.165, 1.54) is 11.1 Å². The summed E-state index contributed by atoms with van der Waals surface area (Å²) in [4.78, 5) is 0. The van der Waals surface area contributed by atoms with Gasteiger partial charge in [0.15, 0.2) is 0 Å². The van der Waals surface area contributed by atoms with Crippen molar-refractivity contribution < 1.29 is 4.74 Å². The van der Waals surface area contributed by atoms with Crippen molar-refractivity contribution in [3.8, 4) is 0 Å². The average Bonchev–Trinajstić information content (AvgIpc) is 2.33. The van der Waals surface area contributed by atoms with Gasteiger partial charge >= 0.3 is 0 Å². The molecule has 0 fully saturated rings. The molecule has 0 bridgehead atoms. The molecule has 2 unspecified atom stereocenters. The molecule has 0 aromatic heterocycles. The molecule has 1 aromatic carbocycles. The predicted molar refractivity (Wildman–Crippen MR) is 82.5 cm³/mol. The molecule has 0 radical (unpaired) electrons. The molecular formula is C17H29NO. The number of hydrogen-bond donors (Lipinski definition) is 1. The molecule has 0 heterocycles. The summed E-state index contributed by atoms with van der Waals surface area (Å²) in [5, 5.41) is 3.54. The Morgan fingerprint density at radius 1 is 1.26 bits per heavy atom. The normalized spacial score (nSPS) is 15.3. The van der Waals surface area contributed by atoms with Crippen molar-refractivity contribution in [3.63, 3.8) is 0 Å². The fourth-order valence-corrected chi connectivity index (χ4v) is 1.89. The molecule has 0 aliphatic heterocycles. The summed E-state index contributed by atoms with van der Waals surface area (Å²) >= 11 is 0. The Balaban J connectivity index is 2.79. The zero-order valence-corrected chi connectivity index (χ0v) is 13.3. The smallest absolute Gasteiger partial charge is 0.0953 e. The molecule has 2 nitrogen and oxygen atoms in total. The molecule has 2 atom stereocenters. The number of ether oxygens (including phenoxy) is 1. The molecule has 0 aliphatic carbocycles. The van der Waals surface area contributed by atoms with E-state index in [0.29, 0.717) is 0 Å². The fraction of sp³-hybridized carbons (Fsp3) is 0.647. The molecule has 0 spiro atoms. The highest BCUT2D eigenvalue weighted by molar-refractivity contribution is 5.24. The van der Waals surface area contributed by atoms with Gasteiger partial charge in [-0.1, -0.05) is 36.8 Å². The molecule has 0 aliphatic rings. The van der Waals surface area contributed by atoms with Crippen LogP contribution in [0.4, 0.5) is 0 Å².